The van der Waals surface area contributed by atoms with Gasteiger partial charge in [0.05, 0.1) is 26.4 Å². The van der Waals surface area contributed by atoms with Crippen LogP contribution in [0.25, 0.3) is 0 Å². The second-order valence-corrected chi connectivity index (χ2v) is 28.7. The summed E-state index contributed by atoms with van der Waals surface area (Å²) in [6.45, 7) is 2.50. The molecule has 0 radical (unpaired) electrons. The molecule has 0 aliphatic heterocycles. The van der Waals surface area contributed by atoms with E-state index in [0.717, 1.165) is 148 Å². The summed E-state index contributed by atoms with van der Waals surface area (Å²) in [5.74, 6) is -1.60. The highest BCUT2D eigenvalue weighted by molar-refractivity contribution is 7.47. The summed E-state index contributed by atoms with van der Waals surface area (Å²) < 4.78 is 61.1. The number of carbonyl (C=O) groups excluding carboxylic acids is 3. The van der Waals surface area contributed by atoms with Gasteiger partial charge in [0.15, 0.2) is 6.10 Å². The molecular formula is C81H140O16P2. The monoisotopic (exact) mass is 1430 g/mol. The fourth-order valence-electron chi connectivity index (χ4n) is 10.2. The molecule has 570 valence electrons. The number of aliphatic hydroxyl groups is 2. The van der Waals surface area contributed by atoms with Crippen molar-refractivity contribution in [2.45, 2.75) is 334 Å². The number of phosphoric ester groups is 2. The second kappa shape index (κ2) is 73.7. The van der Waals surface area contributed by atoms with Crippen LogP contribution in [-0.2, 0) is 55.8 Å². The van der Waals surface area contributed by atoms with Crippen molar-refractivity contribution in [3.05, 3.63) is 122 Å². The first-order valence-corrected chi connectivity index (χ1v) is 41.8. The summed E-state index contributed by atoms with van der Waals surface area (Å²) in [7, 11) is -9.79. The molecule has 0 amide bonds. The van der Waals surface area contributed by atoms with Gasteiger partial charge in [0.1, 0.15) is 25.4 Å². The zero-order chi connectivity index (χ0) is 72.3. The molecular weight excluding hydrogens is 1290 g/mol. The summed E-state index contributed by atoms with van der Waals surface area (Å²) in [4.78, 5) is 58.6. The molecule has 0 heterocycles. The summed E-state index contributed by atoms with van der Waals surface area (Å²) in [6.07, 6.45) is 86.8. The Bertz CT molecular complexity index is 2290. The second-order valence-electron chi connectivity index (χ2n) is 25.8. The number of allylic oxidation sites excluding steroid dienone is 20. The third kappa shape index (κ3) is 74.9. The van der Waals surface area contributed by atoms with Gasteiger partial charge in [-0.1, -0.05) is 284 Å². The Hall–Kier alpha value is -4.05. The van der Waals surface area contributed by atoms with Crippen LogP contribution in [0.3, 0.4) is 0 Å². The van der Waals surface area contributed by atoms with E-state index in [9.17, 15) is 43.5 Å². The Labute approximate surface area is 602 Å². The van der Waals surface area contributed by atoms with E-state index in [2.05, 4.69) is 142 Å². The topological polar surface area (TPSA) is 231 Å². The molecule has 4 N–H and O–H groups in total. The zero-order valence-electron chi connectivity index (χ0n) is 62.1. The minimum atomic E-state index is -4.93. The number of ether oxygens (including phenoxy) is 3. The Morgan fingerprint density at radius 3 is 0.879 bits per heavy atom. The van der Waals surface area contributed by atoms with E-state index in [4.69, 9.17) is 32.3 Å². The van der Waals surface area contributed by atoms with Crippen molar-refractivity contribution in [1.82, 2.24) is 0 Å². The molecule has 16 nitrogen and oxygen atoms in total. The van der Waals surface area contributed by atoms with E-state index in [1.165, 1.54) is 109 Å². The lowest BCUT2D eigenvalue weighted by Gasteiger charge is -2.21. The lowest BCUT2D eigenvalue weighted by Crippen LogP contribution is -2.30. The van der Waals surface area contributed by atoms with E-state index in [-0.39, 0.29) is 19.3 Å². The van der Waals surface area contributed by atoms with Crippen LogP contribution in [0.4, 0.5) is 0 Å². The molecule has 0 bridgehead atoms. The van der Waals surface area contributed by atoms with Crippen molar-refractivity contribution in [2.75, 3.05) is 39.6 Å². The van der Waals surface area contributed by atoms with E-state index in [0.29, 0.717) is 19.3 Å². The molecule has 0 aliphatic carbocycles. The maximum absolute atomic E-state index is 12.9. The first-order chi connectivity index (χ1) is 48.2. The van der Waals surface area contributed by atoms with E-state index >= 15 is 0 Å². The highest BCUT2D eigenvalue weighted by Gasteiger charge is 2.29. The Balaban J connectivity index is 4.51. The van der Waals surface area contributed by atoms with Gasteiger partial charge in [-0.2, -0.15) is 0 Å². The lowest BCUT2D eigenvalue weighted by atomic mass is 10.0. The summed E-state index contributed by atoms with van der Waals surface area (Å²) in [5, 5.41) is 20.6. The van der Waals surface area contributed by atoms with E-state index < -0.39 is 91.5 Å². The predicted octanol–water partition coefficient (Wildman–Crippen LogP) is 22.5. The van der Waals surface area contributed by atoms with Crippen molar-refractivity contribution in [2.24, 2.45) is 0 Å². The molecule has 0 rings (SSSR count). The highest BCUT2D eigenvalue weighted by Crippen LogP contribution is 2.45. The summed E-state index contributed by atoms with van der Waals surface area (Å²) in [6, 6.07) is 0. The van der Waals surface area contributed by atoms with Crippen LogP contribution in [-0.4, -0.2) is 95.9 Å². The molecule has 5 unspecified atom stereocenters. The molecule has 0 spiro atoms. The predicted molar refractivity (Wildman–Crippen MR) is 408 cm³/mol. The molecule has 0 aromatic rings. The van der Waals surface area contributed by atoms with Gasteiger partial charge < -0.3 is 34.2 Å². The van der Waals surface area contributed by atoms with Gasteiger partial charge in [-0.25, -0.2) is 9.13 Å². The third-order valence-corrected chi connectivity index (χ3v) is 18.0. The molecule has 99 heavy (non-hydrogen) atoms. The molecule has 0 fully saturated rings. The first-order valence-electron chi connectivity index (χ1n) is 38.8. The molecule has 5 atom stereocenters. The van der Waals surface area contributed by atoms with Gasteiger partial charge in [-0.05, 0) is 135 Å². The third-order valence-electron chi connectivity index (χ3n) is 16.1. The van der Waals surface area contributed by atoms with Gasteiger partial charge in [0.25, 0.3) is 0 Å². The van der Waals surface area contributed by atoms with Crippen molar-refractivity contribution < 1.29 is 75.8 Å². The van der Waals surface area contributed by atoms with Crippen LogP contribution in [0.1, 0.15) is 316 Å². The average Bonchev–Trinajstić information content (AvgIpc) is 1.36. The normalized spacial score (nSPS) is 14.7. The number of aliphatic hydroxyl groups excluding tert-OH is 2. The minimum absolute atomic E-state index is 0.0889. The van der Waals surface area contributed by atoms with Gasteiger partial charge >= 0.3 is 33.6 Å². The summed E-state index contributed by atoms with van der Waals surface area (Å²) in [5.41, 5.74) is 0. The number of esters is 3. The van der Waals surface area contributed by atoms with Crippen molar-refractivity contribution in [1.29, 1.82) is 0 Å². The van der Waals surface area contributed by atoms with Crippen LogP contribution in [0, 0.1) is 0 Å². The van der Waals surface area contributed by atoms with E-state index in [1.807, 2.05) is 0 Å². The molecule has 0 aliphatic rings. The van der Waals surface area contributed by atoms with Crippen LogP contribution in [0.5, 0.6) is 0 Å². The van der Waals surface area contributed by atoms with Crippen molar-refractivity contribution in [3.8, 4) is 0 Å². The summed E-state index contributed by atoms with van der Waals surface area (Å²) >= 11 is 0. The highest BCUT2D eigenvalue weighted by atomic mass is 31.2. The average molecular weight is 1430 g/mol. The standard InChI is InChI=1S/C81H140O16P2/c1-4-7-10-13-16-19-22-25-27-29-31-33-34-35-36-37-38-39-40-42-44-45-47-50-52-55-58-61-64-67-79(84)91-70-76(82)71-93-98(87,88)94-72-77(83)73-95-99(89,90)96-75-78(97-81(86)69-66-63-60-57-54-49-24-21-18-15-12-9-6-3)74-92-80(85)68-65-62-59-56-53-51-48-46-43-41-32-30-28-26-23-20-17-14-11-8-5-2/h7,10,16-17,19-21,24-28,31-33,35-36,41,46,48,76-78,82-83H,4-6,8-9,11-15,18,22-23,29-30,34,37-40,42-45,47,49-75H2,1-3H3,(H,87,88)(H,89,90)/b10-7-,19-16-,20-17-,24-21-,27-25-,28-26-,33-31-,36-35-,41-32-,48-46-. The lowest BCUT2D eigenvalue weighted by molar-refractivity contribution is -0.161. The molecule has 0 saturated carbocycles. The van der Waals surface area contributed by atoms with Crippen LogP contribution in [0.15, 0.2) is 122 Å². The quantitative estimate of drug-likeness (QED) is 0.0146. The number of carbonyl (C=O) groups is 3. The van der Waals surface area contributed by atoms with Crippen LogP contribution >= 0.6 is 15.6 Å². The molecule has 18 heteroatoms. The van der Waals surface area contributed by atoms with Crippen LogP contribution in [0.2, 0.25) is 0 Å². The van der Waals surface area contributed by atoms with Gasteiger partial charge in [-0.15, -0.1) is 0 Å². The fraction of sp³-hybridized carbons (Fsp3) is 0.716. The fourth-order valence-corrected chi connectivity index (χ4v) is 11.8. The van der Waals surface area contributed by atoms with Crippen molar-refractivity contribution in [3.63, 3.8) is 0 Å². The Kier molecular flexibility index (Phi) is 70.7. The van der Waals surface area contributed by atoms with Gasteiger partial charge in [-0.3, -0.25) is 32.5 Å². The smallest absolute Gasteiger partial charge is 0.463 e. The number of hydrogen-bond donors (Lipinski definition) is 4. The maximum atomic E-state index is 12.9. The van der Waals surface area contributed by atoms with Crippen LogP contribution < -0.4 is 0 Å². The Morgan fingerprint density at radius 2 is 0.535 bits per heavy atom. The molecule has 0 aromatic carbocycles. The largest absolute Gasteiger partial charge is 0.472 e. The Morgan fingerprint density at radius 1 is 0.293 bits per heavy atom. The van der Waals surface area contributed by atoms with E-state index in [1.54, 1.807) is 0 Å². The number of hydrogen-bond acceptors (Lipinski definition) is 14. The van der Waals surface area contributed by atoms with Gasteiger partial charge in [0, 0.05) is 19.3 Å². The SMILES string of the molecule is CC/C=C\C/C=C\C/C=C\C/C=C\C/C=C\CCCCCCCCCCCCCCCC(=O)OCC(O)COP(=O)(O)OCC(O)COP(=O)(O)OCC(COC(=O)CCCCCCC/C=C\C/C=C\C/C=C\C/C=C\CCCCC)OC(=O)CCCCCCC/C=C\CCCCCC. The molecule has 0 aromatic heterocycles. The number of rotatable bonds is 73. The number of unbranched alkanes of at least 4 members (excludes halogenated alkanes) is 30. The first kappa shape index (κ1) is 94.9. The minimum Gasteiger partial charge on any atom is -0.463 e. The van der Waals surface area contributed by atoms with Gasteiger partial charge in [0.2, 0.25) is 0 Å². The maximum Gasteiger partial charge on any atom is 0.472 e. The van der Waals surface area contributed by atoms with Crippen molar-refractivity contribution >= 4 is 33.6 Å². The molecule has 0 saturated heterocycles. The number of phosphoric acid groups is 2. The zero-order valence-corrected chi connectivity index (χ0v) is 63.9.